The van der Waals surface area contributed by atoms with Gasteiger partial charge in [0.25, 0.3) is 0 Å². The van der Waals surface area contributed by atoms with Gasteiger partial charge in [-0.15, -0.1) is 0 Å². The van der Waals surface area contributed by atoms with Crippen molar-refractivity contribution in [1.29, 1.82) is 0 Å². The van der Waals surface area contributed by atoms with E-state index in [0.717, 1.165) is 5.69 Å². The highest BCUT2D eigenvalue weighted by atomic mass is 35.5. The van der Waals surface area contributed by atoms with Crippen LogP contribution >= 0.6 is 11.6 Å². The number of nitrogens with one attached hydrogen (secondary N) is 3. The molecular weight excluding hydrogens is 378 g/mol. The van der Waals surface area contributed by atoms with E-state index in [1.54, 1.807) is 37.3 Å². The number of methoxy groups -OCH3 is 1. The number of carbonyl (C=O) groups excluding carboxylic acids is 2. The van der Waals surface area contributed by atoms with E-state index in [-0.39, 0.29) is 11.8 Å². The summed E-state index contributed by atoms with van der Waals surface area (Å²) in [6.45, 7) is 7.33. The molecule has 2 rings (SSSR count). The number of rotatable bonds is 6. The fourth-order valence-corrected chi connectivity index (χ4v) is 2.54. The van der Waals surface area contributed by atoms with Gasteiger partial charge in [0.2, 0.25) is 11.8 Å². The summed E-state index contributed by atoms with van der Waals surface area (Å²) in [4.78, 5) is 24.4. The maximum Gasteiger partial charge on any atom is 0.246 e. The first-order chi connectivity index (χ1) is 13.1. The van der Waals surface area contributed by atoms with Gasteiger partial charge in [-0.25, -0.2) is 0 Å². The third-order valence-corrected chi connectivity index (χ3v) is 4.32. The summed E-state index contributed by atoms with van der Waals surface area (Å²) in [5.74, 6) is 0.287. The third kappa shape index (κ3) is 5.89. The number of ether oxygens (including phenoxy) is 1. The molecule has 0 aliphatic heterocycles. The molecule has 150 valence electrons. The molecule has 0 saturated heterocycles. The number of hydrogen-bond donors (Lipinski definition) is 3. The van der Waals surface area contributed by atoms with Gasteiger partial charge in [-0.3, -0.25) is 9.59 Å². The standard InChI is InChI=1S/C21H26ClN3O3/c1-13(19(26)24-16-10-11-18(28-5)17(22)12-16)23-14-6-8-15(9-7-14)25-20(27)21(2,3)4/h6-13,23H,1-5H3,(H,24,26)(H,25,27). The Morgan fingerprint density at radius 3 is 2.07 bits per heavy atom. The van der Waals surface area contributed by atoms with Crippen molar-refractivity contribution in [3.05, 3.63) is 47.5 Å². The first-order valence-electron chi connectivity index (χ1n) is 8.92. The predicted molar refractivity (Wildman–Crippen MR) is 114 cm³/mol. The molecule has 1 atom stereocenters. The highest BCUT2D eigenvalue weighted by Gasteiger charge is 2.21. The molecule has 0 aromatic heterocycles. The van der Waals surface area contributed by atoms with Gasteiger partial charge in [0.1, 0.15) is 11.8 Å². The minimum atomic E-state index is -0.476. The minimum absolute atomic E-state index is 0.0564. The second kappa shape index (κ2) is 8.97. The summed E-state index contributed by atoms with van der Waals surface area (Å²) < 4.78 is 5.10. The van der Waals surface area contributed by atoms with Crippen LogP contribution in [0.1, 0.15) is 27.7 Å². The smallest absolute Gasteiger partial charge is 0.246 e. The Balaban J connectivity index is 1.94. The average molecular weight is 404 g/mol. The minimum Gasteiger partial charge on any atom is -0.495 e. The normalized spacial score (nSPS) is 12.1. The predicted octanol–water partition coefficient (Wildman–Crippen LogP) is 4.77. The zero-order valence-corrected chi connectivity index (χ0v) is 17.5. The second-order valence-corrected chi connectivity index (χ2v) is 7.89. The Kier molecular flexibility index (Phi) is 6.91. The molecular formula is C21H26ClN3O3. The first kappa shape index (κ1) is 21.6. The Bertz CT molecular complexity index is 845. The number of carbonyl (C=O) groups is 2. The van der Waals surface area contributed by atoms with Crippen molar-refractivity contribution in [2.24, 2.45) is 5.41 Å². The molecule has 0 radical (unpaired) electrons. The lowest BCUT2D eigenvalue weighted by atomic mass is 9.95. The zero-order valence-electron chi connectivity index (χ0n) is 16.7. The van der Waals surface area contributed by atoms with Crippen LogP contribution in [0.5, 0.6) is 5.75 Å². The maximum atomic E-state index is 12.4. The average Bonchev–Trinajstić information content (AvgIpc) is 2.62. The van der Waals surface area contributed by atoms with Crippen molar-refractivity contribution < 1.29 is 14.3 Å². The SMILES string of the molecule is COc1ccc(NC(=O)C(C)Nc2ccc(NC(=O)C(C)(C)C)cc2)cc1Cl. The molecule has 0 aliphatic rings. The summed E-state index contributed by atoms with van der Waals surface area (Å²) in [6, 6.07) is 11.8. The fourth-order valence-electron chi connectivity index (χ4n) is 2.28. The molecule has 7 heteroatoms. The number of amides is 2. The zero-order chi connectivity index (χ0) is 20.9. The third-order valence-electron chi connectivity index (χ3n) is 4.02. The van der Waals surface area contributed by atoms with Crippen LogP contribution in [0, 0.1) is 5.41 Å². The van der Waals surface area contributed by atoms with Gasteiger partial charge in [-0.2, -0.15) is 0 Å². The maximum absolute atomic E-state index is 12.4. The Hall–Kier alpha value is -2.73. The summed E-state index contributed by atoms with van der Waals surface area (Å²) >= 11 is 6.08. The van der Waals surface area contributed by atoms with E-state index in [0.29, 0.717) is 22.1 Å². The van der Waals surface area contributed by atoms with E-state index < -0.39 is 11.5 Å². The van der Waals surface area contributed by atoms with Crippen molar-refractivity contribution in [3.63, 3.8) is 0 Å². The van der Waals surface area contributed by atoms with Crippen molar-refractivity contribution in [2.45, 2.75) is 33.7 Å². The monoisotopic (exact) mass is 403 g/mol. The largest absolute Gasteiger partial charge is 0.495 e. The molecule has 6 nitrogen and oxygen atoms in total. The molecule has 2 aromatic carbocycles. The highest BCUT2D eigenvalue weighted by Crippen LogP contribution is 2.27. The highest BCUT2D eigenvalue weighted by molar-refractivity contribution is 6.32. The number of hydrogen-bond acceptors (Lipinski definition) is 4. The van der Waals surface area contributed by atoms with E-state index >= 15 is 0 Å². The van der Waals surface area contributed by atoms with Gasteiger partial charge >= 0.3 is 0 Å². The molecule has 1 unspecified atom stereocenters. The van der Waals surface area contributed by atoms with Crippen LogP contribution in [0.2, 0.25) is 5.02 Å². The van der Waals surface area contributed by atoms with Crippen LogP contribution in [0.4, 0.5) is 17.1 Å². The van der Waals surface area contributed by atoms with E-state index in [1.807, 2.05) is 32.9 Å². The lowest BCUT2D eigenvalue weighted by Crippen LogP contribution is -2.31. The summed E-state index contributed by atoms with van der Waals surface area (Å²) in [5.41, 5.74) is 1.60. The van der Waals surface area contributed by atoms with Crippen molar-refractivity contribution in [3.8, 4) is 5.75 Å². The van der Waals surface area contributed by atoms with Crippen LogP contribution in [-0.2, 0) is 9.59 Å². The molecule has 0 fully saturated rings. The van der Waals surface area contributed by atoms with Crippen LogP contribution in [0.3, 0.4) is 0 Å². The Labute approximate surface area is 170 Å². The molecule has 2 amide bonds. The van der Waals surface area contributed by atoms with E-state index in [1.165, 1.54) is 7.11 Å². The van der Waals surface area contributed by atoms with Gasteiger partial charge in [0.15, 0.2) is 0 Å². The molecule has 0 aliphatic carbocycles. The molecule has 0 heterocycles. The van der Waals surface area contributed by atoms with Crippen molar-refractivity contribution in [1.82, 2.24) is 0 Å². The Morgan fingerprint density at radius 1 is 0.964 bits per heavy atom. The summed E-state index contributed by atoms with van der Waals surface area (Å²) in [7, 11) is 1.53. The van der Waals surface area contributed by atoms with Gasteiger partial charge in [0, 0.05) is 22.5 Å². The molecule has 2 aromatic rings. The van der Waals surface area contributed by atoms with Gasteiger partial charge < -0.3 is 20.7 Å². The quantitative estimate of drug-likeness (QED) is 0.648. The van der Waals surface area contributed by atoms with Crippen LogP contribution < -0.4 is 20.7 Å². The van der Waals surface area contributed by atoms with Crippen molar-refractivity contribution in [2.75, 3.05) is 23.1 Å². The van der Waals surface area contributed by atoms with E-state index in [9.17, 15) is 9.59 Å². The lowest BCUT2D eigenvalue weighted by Gasteiger charge is -2.18. The van der Waals surface area contributed by atoms with Crippen LogP contribution in [-0.4, -0.2) is 25.0 Å². The van der Waals surface area contributed by atoms with Gasteiger partial charge in [0.05, 0.1) is 12.1 Å². The fraction of sp³-hybridized carbons (Fsp3) is 0.333. The second-order valence-electron chi connectivity index (χ2n) is 7.49. The molecule has 3 N–H and O–H groups in total. The summed E-state index contributed by atoms with van der Waals surface area (Å²) in [6.07, 6.45) is 0. The Morgan fingerprint density at radius 2 is 1.54 bits per heavy atom. The topological polar surface area (TPSA) is 79.5 Å². The lowest BCUT2D eigenvalue weighted by molar-refractivity contribution is -0.123. The number of benzene rings is 2. The number of halogens is 1. The number of anilines is 3. The molecule has 0 bridgehead atoms. The van der Waals surface area contributed by atoms with E-state index in [4.69, 9.17) is 16.3 Å². The van der Waals surface area contributed by atoms with Gasteiger partial charge in [-0.05, 0) is 49.4 Å². The van der Waals surface area contributed by atoms with Crippen LogP contribution in [0.15, 0.2) is 42.5 Å². The summed E-state index contributed by atoms with van der Waals surface area (Å²) in [5, 5.41) is 9.23. The molecule has 28 heavy (non-hydrogen) atoms. The van der Waals surface area contributed by atoms with Gasteiger partial charge in [-0.1, -0.05) is 32.4 Å². The first-order valence-corrected chi connectivity index (χ1v) is 9.30. The van der Waals surface area contributed by atoms with Crippen molar-refractivity contribution >= 4 is 40.5 Å². The molecule has 0 saturated carbocycles. The van der Waals surface area contributed by atoms with Crippen LogP contribution in [0.25, 0.3) is 0 Å². The molecule has 0 spiro atoms. The van der Waals surface area contributed by atoms with E-state index in [2.05, 4.69) is 16.0 Å².